The molecular formula is C42H23N5O. The molecule has 0 N–H and O–H groups in total. The van der Waals surface area contributed by atoms with Gasteiger partial charge in [0, 0.05) is 38.9 Å². The van der Waals surface area contributed by atoms with Crippen molar-refractivity contribution in [1.29, 1.82) is 5.26 Å². The molecule has 0 aliphatic carbocycles. The van der Waals surface area contributed by atoms with Gasteiger partial charge in [-0.3, -0.25) is 4.98 Å². The van der Waals surface area contributed by atoms with Gasteiger partial charge in [0.1, 0.15) is 22.9 Å². The van der Waals surface area contributed by atoms with Gasteiger partial charge < -0.3 is 8.98 Å². The van der Waals surface area contributed by atoms with Crippen molar-refractivity contribution in [3.05, 3.63) is 145 Å². The van der Waals surface area contributed by atoms with Crippen molar-refractivity contribution in [3.63, 3.8) is 0 Å². The Hall–Kier alpha value is -6.84. The number of para-hydroxylation sites is 2. The Morgan fingerprint density at radius 3 is 2.21 bits per heavy atom. The molecule has 6 aromatic carbocycles. The number of nitriles is 1. The number of furan rings is 1. The van der Waals surface area contributed by atoms with Gasteiger partial charge in [-0.2, -0.15) is 5.26 Å². The van der Waals surface area contributed by atoms with Gasteiger partial charge in [-0.25, -0.2) is 9.97 Å². The average molecular weight is 614 g/mol. The first-order valence-corrected chi connectivity index (χ1v) is 15.7. The molecule has 0 aliphatic heterocycles. The number of aromatic nitrogens is 4. The summed E-state index contributed by atoms with van der Waals surface area (Å²) in [4.78, 5) is 14.8. The van der Waals surface area contributed by atoms with Crippen molar-refractivity contribution in [2.75, 3.05) is 0 Å². The molecule has 0 atom stereocenters. The highest BCUT2D eigenvalue weighted by Crippen LogP contribution is 2.39. The van der Waals surface area contributed by atoms with Crippen molar-refractivity contribution in [2.24, 2.45) is 0 Å². The highest BCUT2D eigenvalue weighted by atomic mass is 16.3. The van der Waals surface area contributed by atoms with E-state index in [1.54, 1.807) is 6.20 Å². The lowest BCUT2D eigenvalue weighted by Crippen LogP contribution is -2.00. The molecule has 0 radical (unpaired) electrons. The molecule has 6 heteroatoms. The summed E-state index contributed by atoms with van der Waals surface area (Å²) >= 11 is 0. The maximum Gasteiger partial charge on any atom is 0.246 e. The minimum Gasteiger partial charge on any atom is -0.436 e. The number of hydrogen-bond acceptors (Lipinski definition) is 5. The Morgan fingerprint density at radius 2 is 1.31 bits per heavy atom. The summed E-state index contributed by atoms with van der Waals surface area (Å²) in [6, 6.07) is 47.6. The van der Waals surface area contributed by atoms with Crippen LogP contribution < -0.4 is 0 Å². The highest BCUT2D eigenvalue weighted by molar-refractivity contribution is 6.13. The molecule has 0 saturated heterocycles. The van der Waals surface area contributed by atoms with Crippen molar-refractivity contribution in [3.8, 4) is 34.3 Å². The van der Waals surface area contributed by atoms with E-state index in [9.17, 15) is 5.26 Å². The van der Waals surface area contributed by atoms with Gasteiger partial charge in [0.25, 0.3) is 0 Å². The third kappa shape index (κ3) is 3.88. The van der Waals surface area contributed by atoms with Crippen LogP contribution in [0.4, 0.5) is 0 Å². The van der Waals surface area contributed by atoms with E-state index in [1.807, 2.05) is 78.9 Å². The molecule has 222 valence electrons. The highest BCUT2D eigenvalue weighted by Gasteiger charge is 2.21. The van der Waals surface area contributed by atoms with Gasteiger partial charge in [-0.15, -0.1) is 0 Å². The number of nitrogens with zero attached hydrogens (tertiary/aromatic N) is 5. The van der Waals surface area contributed by atoms with Gasteiger partial charge in [-0.05, 0) is 65.4 Å². The summed E-state index contributed by atoms with van der Waals surface area (Å²) in [7, 11) is 0. The molecule has 6 nitrogen and oxygen atoms in total. The molecule has 0 unspecified atom stereocenters. The summed E-state index contributed by atoms with van der Waals surface area (Å²) < 4.78 is 8.38. The van der Waals surface area contributed by atoms with Crippen LogP contribution in [0.15, 0.2) is 144 Å². The molecule has 0 bridgehead atoms. The van der Waals surface area contributed by atoms with Crippen molar-refractivity contribution >= 4 is 65.7 Å². The number of hydrogen-bond donors (Lipinski definition) is 0. The first-order chi connectivity index (χ1) is 23.7. The zero-order chi connectivity index (χ0) is 31.8. The minimum atomic E-state index is 0.464. The zero-order valence-electron chi connectivity index (χ0n) is 25.4. The maximum atomic E-state index is 10.7. The summed E-state index contributed by atoms with van der Waals surface area (Å²) in [5, 5.41) is 17.2. The lowest BCUT2D eigenvalue weighted by atomic mass is 10.00. The SMILES string of the molecule is N#Cc1cc(-c2nc3c(nc2-c2ccc4cccnc4c2)oc2ccccc23)ccc1-n1c2ccccc2c2cc3ccccc3cc21. The fourth-order valence-corrected chi connectivity index (χ4v) is 7.02. The largest absolute Gasteiger partial charge is 0.436 e. The van der Waals surface area contributed by atoms with E-state index >= 15 is 0 Å². The summed E-state index contributed by atoms with van der Waals surface area (Å²) in [6.07, 6.45) is 1.79. The van der Waals surface area contributed by atoms with Gasteiger partial charge >= 0.3 is 0 Å². The van der Waals surface area contributed by atoms with E-state index in [0.29, 0.717) is 28.2 Å². The topological polar surface area (TPSA) is 80.5 Å². The molecule has 0 saturated carbocycles. The van der Waals surface area contributed by atoms with E-state index < -0.39 is 0 Å². The minimum absolute atomic E-state index is 0.464. The molecule has 0 spiro atoms. The molecule has 0 fully saturated rings. The van der Waals surface area contributed by atoms with Crippen LogP contribution in [0, 0.1) is 11.3 Å². The van der Waals surface area contributed by atoms with E-state index in [1.165, 1.54) is 5.39 Å². The number of rotatable bonds is 3. The normalized spacial score (nSPS) is 11.7. The van der Waals surface area contributed by atoms with E-state index in [2.05, 4.69) is 70.2 Å². The second-order valence-electron chi connectivity index (χ2n) is 12.0. The Morgan fingerprint density at radius 1 is 0.583 bits per heavy atom. The monoisotopic (exact) mass is 613 g/mol. The van der Waals surface area contributed by atoms with Crippen LogP contribution >= 0.6 is 0 Å². The standard InChI is InChI=1S/C42H23N5O/c43-24-30-20-28(17-18-35(30)47-36-13-5-3-11-31(36)33-21-26-8-1-2-9-27(26)23-37(33)47)39-40(29-16-15-25-10-7-19-44-34(25)22-29)46-42-41(45-39)32-12-4-6-14-38(32)48-42/h1-23H. The quantitative estimate of drug-likeness (QED) is 0.198. The van der Waals surface area contributed by atoms with Crippen molar-refractivity contribution in [2.45, 2.75) is 0 Å². The molecular weight excluding hydrogens is 590 g/mol. The van der Waals surface area contributed by atoms with Crippen molar-refractivity contribution in [1.82, 2.24) is 19.5 Å². The number of benzene rings is 6. The van der Waals surface area contributed by atoms with Crippen LogP contribution in [-0.2, 0) is 0 Å². The summed E-state index contributed by atoms with van der Waals surface area (Å²) in [5.74, 6) is 0. The van der Waals surface area contributed by atoms with Gasteiger partial charge in [0.2, 0.25) is 5.71 Å². The fourth-order valence-electron chi connectivity index (χ4n) is 7.02. The molecule has 48 heavy (non-hydrogen) atoms. The van der Waals surface area contributed by atoms with Gasteiger partial charge in [-0.1, -0.05) is 78.9 Å². The Balaban J connectivity index is 1.23. The summed E-state index contributed by atoms with van der Waals surface area (Å²) in [6.45, 7) is 0. The Kier molecular flexibility index (Phi) is 5.54. The zero-order valence-corrected chi connectivity index (χ0v) is 25.4. The fraction of sp³-hybridized carbons (Fsp3) is 0. The second-order valence-corrected chi connectivity index (χ2v) is 12.0. The molecule has 10 aromatic rings. The predicted molar refractivity (Wildman–Crippen MR) is 192 cm³/mol. The summed E-state index contributed by atoms with van der Waals surface area (Å²) in [5.41, 5.74) is 9.15. The maximum absolute atomic E-state index is 10.7. The third-order valence-corrected chi connectivity index (χ3v) is 9.26. The molecule has 0 amide bonds. The third-order valence-electron chi connectivity index (χ3n) is 9.26. The first-order valence-electron chi connectivity index (χ1n) is 15.7. The van der Waals surface area contributed by atoms with Crippen LogP contribution in [0.1, 0.15) is 5.56 Å². The lowest BCUT2D eigenvalue weighted by molar-refractivity contribution is 0.653. The van der Waals surface area contributed by atoms with Gasteiger partial charge in [0.15, 0.2) is 0 Å². The van der Waals surface area contributed by atoms with E-state index in [4.69, 9.17) is 14.4 Å². The Bertz CT molecular complexity index is 2980. The predicted octanol–water partition coefficient (Wildman–Crippen LogP) is 10.4. The van der Waals surface area contributed by atoms with Crippen LogP contribution in [-0.4, -0.2) is 19.5 Å². The number of fused-ring (bicyclic) bond motifs is 8. The van der Waals surface area contributed by atoms with E-state index in [0.717, 1.165) is 65.9 Å². The smallest absolute Gasteiger partial charge is 0.246 e. The van der Waals surface area contributed by atoms with Gasteiger partial charge in [0.05, 0.1) is 33.5 Å². The Labute approximate surface area is 273 Å². The van der Waals surface area contributed by atoms with Crippen LogP contribution in [0.25, 0.3) is 93.9 Å². The van der Waals surface area contributed by atoms with Crippen LogP contribution in [0.3, 0.4) is 0 Å². The second kappa shape index (κ2) is 10.1. The van der Waals surface area contributed by atoms with E-state index in [-0.39, 0.29) is 0 Å². The molecule has 0 aliphatic rings. The number of pyridine rings is 1. The van der Waals surface area contributed by atoms with Crippen molar-refractivity contribution < 1.29 is 4.42 Å². The first kappa shape index (κ1) is 26.4. The molecule has 4 heterocycles. The van der Waals surface area contributed by atoms with Crippen LogP contribution in [0.2, 0.25) is 0 Å². The lowest BCUT2D eigenvalue weighted by Gasteiger charge is -2.14. The molecule has 4 aromatic heterocycles. The van der Waals surface area contributed by atoms with Crippen LogP contribution in [0.5, 0.6) is 0 Å². The average Bonchev–Trinajstić information content (AvgIpc) is 3.67. The molecule has 10 rings (SSSR count).